The number of hydrogen-bond acceptors (Lipinski definition) is 3. The lowest BCUT2D eigenvalue weighted by molar-refractivity contribution is -0.114. The van der Waals surface area contributed by atoms with Crippen LogP contribution in [-0.2, 0) is 4.79 Å². The molecule has 1 aliphatic rings. The summed E-state index contributed by atoms with van der Waals surface area (Å²) in [6.45, 7) is 6.62. The third-order valence-electron chi connectivity index (χ3n) is 4.92. The van der Waals surface area contributed by atoms with Gasteiger partial charge in [-0.3, -0.25) is 4.79 Å². The predicted octanol–water partition coefficient (Wildman–Crippen LogP) is 4.34. The molecule has 1 amide bonds. The summed E-state index contributed by atoms with van der Waals surface area (Å²) in [6.07, 6.45) is 3.89. The van der Waals surface area contributed by atoms with Crippen molar-refractivity contribution in [3.8, 4) is 0 Å². The minimum atomic E-state index is -0.0335. The molecule has 1 aliphatic heterocycles. The fraction of sp³-hybridized carbons (Fsp3) is 0.381. The summed E-state index contributed by atoms with van der Waals surface area (Å²) < 4.78 is 0. The smallest absolute Gasteiger partial charge is 0.243 e. The summed E-state index contributed by atoms with van der Waals surface area (Å²) in [7, 11) is 0. The van der Waals surface area contributed by atoms with Crippen LogP contribution in [0.2, 0.25) is 0 Å². The molecule has 1 heterocycles. The molecule has 3 rings (SSSR count). The van der Waals surface area contributed by atoms with E-state index in [0.717, 1.165) is 30.0 Å². The van der Waals surface area contributed by atoms with Crippen molar-refractivity contribution in [3.05, 3.63) is 53.6 Å². The van der Waals surface area contributed by atoms with Crippen LogP contribution in [0.25, 0.3) is 0 Å². The summed E-state index contributed by atoms with van der Waals surface area (Å²) >= 11 is 0. The fourth-order valence-electron chi connectivity index (χ4n) is 3.21. The van der Waals surface area contributed by atoms with Crippen LogP contribution in [0.4, 0.5) is 17.1 Å². The number of carbonyl (C=O) groups is 1. The topological polar surface area (TPSA) is 44.4 Å². The van der Waals surface area contributed by atoms with Crippen molar-refractivity contribution in [2.45, 2.75) is 33.1 Å². The molecule has 4 nitrogen and oxygen atoms in total. The Kier molecular flexibility index (Phi) is 5.59. The molecule has 0 saturated carbocycles. The highest BCUT2D eigenvalue weighted by Gasteiger charge is 2.11. The minimum Gasteiger partial charge on any atom is -0.376 e. The van der Waals surface area contributed by atoms with Gasteiger partial charge in [0.25, 0.3) is 0 Å². The highest BCUT2D eigenvalue weighted by Crippen LogP contribution is 2.22. The van der Waals surface area contributed by atoms with Gasteiger partial charge in [0.2, 0.25) is 5.91 Å². The van der Waals surface area contributed by atoms with Crippen LogP contribution in [0.5, 0.6) is 0 Å². The second kappa shape index (κ2) is 8.06. The first-order valence-electron chi connectivity index (χ1n) is 9.08. The highest BCUT2D eigenvalue weighted by atomic mass is 16.1. The average molecular weight is 337 g/mol. The summed E-state index contributed by atoms with van der Waals surface area (Å²) in [5.41, 5.74) is 5.41. The van der Waals surface area contributed by atoms with Crippen LogP contribution < -0.4 is 15.5 Å². The van der Waals surface area contributed by atoms with Crippen molar-refractivity contribution >= 4 is 23.0 Å². The van der Waals surface area contributed by atoms with Crippen molar-refractivity contribution in [1.82, 2.24) is 0 Å². The Morgan fingerprint density at radius 2 is 1.72 bits per heavy atom. The molecule has 0 spiro atoms. The lowest BCUT2D eigenvalue weighted by Gasteiger charge is -2.28. The summed E-state index contributed by atoms with van der Waals surface area (Å²) in [6, 6.07) is 14.3. The number of hydrogen-bond donors (Lipinski definition) is 2. The molecule has 1 fully saturated rings. The maximum absolute atomic E-state index is 12.2. The Hall–Kier alpha value is -2.49. The number of nitrogens with one attached hydrogen (secondary N) is 2. The SMILES string of the molecule is Cc1cccc(NC(=O)CNc2ccc(N3CCCCC3)cc2)c1C. The molecular formula is C21H27N3O. The van der Waals surface area contributed by atoms with Crippen molar-refractivity contribution in [1.29, 1.82) is 0 Å². The summed E-state index contributed by atoms with van der Waals surface area (Å²) in [4.78, 5) is 14.6. The zero-order chi connectivity index (χ0) is 17.6. The van der Waals surface area contributed by atoms with Crippen molar-refractivity contribution < 1.29 is 4.79 Å². The number of nitrogens with zero attached hydrogens (tertiary/aromatic N) is 1. The van der Waals surface area contributed by atoms with Crippen molar-refractivity contribution in [3.63, 3.8) is 0 Å². The van der Waals surface area contributed by atoms with Gasteiger partial charge in [-0.2, -0.15) is 0 Å². The standard InChI is InChI=1S/C21H27N3O/c1-16-7-6-8-20(17(16)2)23-21(25)15-22-18-9-11-19(12-10-18)24-13-4-3-5-14-24/h6-12,22H,3-5,13-15H2,1-2H3,(H,23,25). The van der Waals surface area contributed by atoms with Crippen LogP contribution in [0.1, 0.15) is 30.4 Å². The first-order valence-corrected chi connectivity index (χ1v) is 9.08. The molecule has 2 aromatic rings. The molecule has 0 bridgehead atoms. The van der Waals surface area contributed by atoms with E-state index < -0.39 is 0 Å². The number of aryl methyl sites for hydroxylation is 1. The molecule has 0 aromatic heterocycles. The van der Waals surface area contributed by atoms with E-state index in [9.17, 15) is 4.79 Å². The Morgan fingerprint density at radius 3 is 2.44 bits per heavy atom. The number of piperidine rings is 1. The first kappa shape index (κ1) is 17.3. The summed E-state index contributed by atoms with van der Waals surface area (Å²) in [5.74, 6) is -0.0335. The van der Waals surface area contributed by atoms with Crippen molar-refractivity contribution in [2.75, 3.05) is 35.2 Å². The highest BCUT2D eigenvalue weighted by molar-refractivity contribution is 5.94. The van der Waals surface area contributed by atoms with Crippen LogP contribution >= 0.6 is 0 Å². The minimum absolute atomic E-state index is 0.0335. The van der Waals surface area contributed by atoms with Gasteiger partial charge < -0.3 is 15.5 Å². The largest absolute Gasteiger partial charge is 0.376 e. The number of carbonyl (C=O) groups excluding carboxylic acids is 1. The van der Waals surface area contributed by atoms with Gasteiger partial charge in [-0.15, -0.1) is 0 Å². The van der Waals surface area contributed by atoms with Gasteiger partial charge in [-0.1, -0.05) is 12.1 Å². The summed E-state index contributed by atoms with van der Waals surface area (Å²) in [5, 5.41) is 6.17. The monoisotopic (exact) mass is 337 g/mol. The predicted molar refractivity (Wildman–Crippen MR) is 106 cm³/mol. The second-order valence-electron chi connectivity index (χ2n) is 6.74. The molecule has 0 atom stereocenters. The third-order valence-corrected chi connectivity index (χ3v) is 4.92. The molecule has 2 N–H and O–H groups in total. The molecule has 4 heteroatoms. The van der Waals surface area contributed by atoms with E-state index in [1.54, 1.807) is 0 Å². The lowest BCUT2D eigenvalue weighted by Crippen LogP contribution is -2.29. The first-order chi connectivity index (χ1) is 12.1. The van der Waals surface area contributed by atoms with Crippen molar-refractivity contribution in [2.24, 2.45) is 0 Å². The molecular weight excluding hydrogens is 310 g/mol. The van der Waals surface area contributed by atoms with E-state index in [2.05, 4.69) is 39.8 Å². The molecule has 1 saturated heterocycles. The molecule has 0 unspecified atom stereocenters. The van der Waals surface area contributed by atoms with Gasteiger partial charge in [0.05, 0.1) is 6.54 Å². The normalized spacial score (nSPS) is 14.2. The average Bonchev–Trinajstić information content (AvgIpc) is 2.65. The zero-order valence-electron chi connectivity index (χ0n) is 15.1. The number of amides is 1. The van der Waals surface area contributed by atoms with Crippen LogP contribution in [0.3, 0.4) is 0 Å². The second-order valence-corrected chi connectivity index (χ2v) is 6.74. The molecule has 2 aromatic carbocycles. The van der Waals surface area contributed by atoms with Gasteiger partial charge in [0.15, 0.2) is 0 Å². The quantitative estimate of drug-likeness (QED) is 0.853. The van der Waals surface area contributed by atoms with E-state index >= 15 is 0 Å². The van der Waals surface area contributed by atoms with E-state index in [1.165, 1.54) is 30.5 Å². The van der Waals surface area contributed by atoms with Gasteiger partial charge in [-0.05, 0) is 74.6 Å². The van der Waals surface area contributed by atoms with E-state index in [1.807, 2.05) is 32.0 Å². The van der Waals surface area contributed by atoms with Crippen LogP contribution in [-0.4, -0.2) is 25.5 Å². The van der Waals surface area contributed by atoms with E-state index in [4.69, 9.17) is 0 Å². The molecule has 25 heavy (non-hydrogen) atoms. The molecule has 132 valence electrons. The van der Waals surface area contributed by atoms with Gasteiger partial charge >= 0.3 is 0 Å². The zero-order valence-corrected chi connectivity index (χ0v) is 15.1. The van der Waals surface area contributed by atoms with Gasteiger partial charge in [0, 0.05) is 30.2 Å². The van der Waals surface area contributed by atoms with Crippen LogP contribution in [0.15, 0.2) is 42.5 Å². The molecule has 0 aliphatic carbocycles. The van der Waals surface area contributed by atoms with E-state index in [0.29, 0.717) is 0 Å². The fourth-order valence-corrected chi connectivity index (χ4v) is 3.21. The lowest BCUT2D eigenvalue weighted by atomic mass is 10.1. The third kappa shape index (κ3) is 4.53. The van der Waals surface area contributed by atoms with Gasteiger partial charge in [-0.25, -0.2) is 0 Å². The number of rotatable bonds is 5. The van der Waals surface area contributed by atoms with E-state index in [-0.39, 0.29) is 12.5 Å². The van der Waals surface area contributed by atoms with Crippen LogP contribution in [0, 0.1) is 13.8 Å². The Morgan fingerprint density at radius 1 is 1.00 bits per heavy atom. The molecule has 0 radical (unpaired) electrons. The Bertz CT molecular complexity index is 718. The number of anilines is 3. The van der Waals surface area contributed by atoms with Gasteiger partial charge in [0.1, 0.15) is 0 Å². The maximum Gasteiger partial charge on any atom is 0.243 e. The number of benzene rings is 2. The Balaban J connectivity index is 1.52. The Labute approximate surface area is 150 Å². The maximum atomic E-state index is 12.2.